The average molecular weight is 658 g/mol. The van der Waals surface area contributed by atoms with Crippen LogP contribution in [0.15, 0.2) is 48.7 Å². The number of rotatable bonds is 8. The Hall–Kier alpha value is -4.15. The number of halogens is 3. The first-order valence-corrected chi connectivity index (χ1v) is 14.2. The monoisotopic (exact) mass is 656 g/mol. The number of carbonyl (C=O) groups excluding carboxylic acids is 4. The van der Waals surface area contributed by atoms with E-state index in [1.165, 1.54) is 17.2 Å². The maximum absolute atomic E-state index is 14.2. The van der Waals surface area contributed by atoms with Gasteiger partial charge in [-0.15, -0.1) is 12.4 Å². The van der Waals surface area contributed by atoms with E-state index in [-0.39, 0.29) is 36.4 Å². The Morgan fingerprint density at radius 2 is 1.59 bits per heavy atom. The summed E-state index contributed by atoms with van der Waals surface area (Å²) in [6, 6.07) is 13.6. The quantitative estimate of drug-likeness (QED) is 0.164. The maximum Gasteiger partial charge on any atom is 0.270 e. The summed E-state index contributed by atoms with van der Waals surface area (Å²) in [6.07, 6.45) is 3.16. The van der Waals surface area contributed by atoms with Gasteiger partial charge in [-0.25, -0.2) is 15.7 Å². The minimum atomic E-state index is -1.34. The normalized spacial score (nSPS) is 20.1. The fraction of sp³-hybridized carbons (Fsp3) is 0.310. The molecule has 228 valence electrons. The van der Waals surface area contributed by atoms with Gasteiger partial charge in [-0.1, -0.05) is 35.3 Å². The smallest absolute Gasteiger partial charge is 0.270 e. The van der Waals surface area contributed by atoms with Crippen LogP contribution >= 0.6 is 35.6 Å². The molecule has 5 N–H and O–H groups in total. The first-order valence-electron chi connectivity index (χ1n) is 13.5. The van der Waals surface area contributed by atoms with Gasteiger partial charge in [-0.05, 0) is 68.5 Å². The Morgan fingerprint density at radius 3 is 2.14 bits per heavy atom. The lowest BCUT2D eigenvalue weighted by Gasteiger charge is -2.27. The van der Waals surface area contributed by atoms with E-state index < -0.39 is 34.3 Å². The lowest BCUT2D eigenvalue weighted by atomic mass is 9.91. The van der Waals surface area contributed by atoms with Crippen LogP contribution < -0.4 is 26.8 Å². The standard InChI is InChI=1S/C29H26Cl2N8O4.ClH/c1-27(13-16-2-4-17(14-32)5-3-16)25(43)38(20-11-18(30)10-19(31)12-20)26-34-15-21(39(26)27)22(40)35-28(6-7-28)23(41)36-29(8-9-29)24(42)37-33;/h2-5,10-12,15H,6-9,13,33H2,1H3,(H,35,40)(H,36,41)(H,37,42);1H/t27-;/m1./s1. The molecule has 4 amide bonds. The van der Waals surface area contributed by atoms with Crippen LogP contribution in [0.2, 0.25) is 10.0 Å². The van der Waals surface area contributed by atoms with Crippen molar-refractivity contribution >= 4 is 70.9 Å². The van der Waals surface area contributed by atoms with Crippen LogP contribution in [-0.4, -0.2) is 44.3 Å². The van der Waals surface area contributed by atoms with E-state index in [2.05, 4.69) is 27.1 Å². The first kappa shape index (κ1) is 31.3. The fourth-order valence-electron chi connectivity index (χ4n) is 5.55. The van der Waals surface area contributed by atoms with Gasteiger partial charge in [-0.2, -0.15) is 5.26 Å². The predicted octanol–water partition coefficient (Wildman–Crippen LogP) is 3.02. The van der Waals surface area contributed by atoms with Crippen LogP contribution in [0.4, 0.5) is 11.6 Å². The molecule has 6 rings (SSSR count). The molecule has 2 saturated carbocycles. The van der Waals surface area contributed by atoms with Crippen LogP contribution in [0.3, 0.4) is 0 Å². The molecule has 1 atom stereocenters. The molecule has 1 aromatic heterocycles. The number of nitrogens with zero attached hydrogens (tertiary/aromatic N) is 4. The number of amides is 4. The van der Waals surface area contributed by atoms with Crippen molar-refractivity contribution in [3.8, 4) is 6.07 Å². The zero-order valence-corrected chi connectivity index (χ0v) is 25.6. The molecule has 3 aliphatic rings. The molecule has 44 heavy (non-hydrogen) atoms. The van der Waals surface area contributed by atoms with Gasteiger partial charge in [0.15, 0.2) is 0 Å². The second-order valence-electron chi connectivity index (χ2n) is 11.4. The largest absolute Gasteiger partial charge is 0.340 e. The fourth-order valence-corrected chi connectivity index (χ4v) is 6.06. The molecule has 2 heterocycles. The summed E-state index contributed by atoms with van der Waals surface area (Å²) in [4.78, 5) is 59.3. The van der Waals surface area contributed by atoms with Gasteiger partial charge in [-0.3, -0.25) is 29.2 Å². The molecule has 12 nitrogen and oxygen atoms in total. The molecule has 0 bridgehead atoms. The molecule has 1 aliphatic heterocycles. The summed E-state index contributed by atoms with van der Waals surface area (Å²) >= 11 is 12.5. The van der Waals surface area contributed by atoms with Crippen molar-refractivity contribution in [3.05, 3.63) is 75.5 Å². The van der Waals surface area contributed by atoms with Crippen LogP contribution in [0.5, 0.6) is 0 Å². The van der Waals surface area contributed by atoms with Gasteiger partial charge >= 0.3 is 0 Å². The molecule has 0 spiro atoms. The van der Waals surface area contributed by atoms with Crippen molar-refractivity contribution in [3.63, 3.8) is 0 Å². The van der Waals surface area contributed by atoms with E-state index in [1.807, 2.05) is 0 Å². The zero-order chi connectivity index (χ0) is 30.7. The Kier molecular flexibility index (Phi) is 7.88. The van der Waals surface area contributed by atoms with Gasteiger partial charge in [0.25, 0.3) is 17.7 Å². The highest BCUT2D eigenvalue weighted by atomic mass is 35.5. The average Bonchev–Trinajstić information content (AvgIpc) is 3.88. The summed E-state index contributed by atoms with van der Waals surface area (Å²) in [5.74, 6) is 3.50. The number of fused-ring (bicyclic) bond motifs is 1. The zero-order valence-electron chi connectivity index (χ0n) is 23.3. The molecule has 0 unspecified atom stereocenters. The lowest BCUT2D eigenvalue weighted by molar-refractivity contribution is -0.131. The number of aromatic nitrogens is 2. The van der Waals surface area contributed by atoms with Gasteiger partial charge in [0, 0.05) is 16.5 Å². The first-order chi connectivity index (χ1) is 20.4. The highest BCUT2D eigenvalue weighted by Gasteiger charge is 2.58. The third-order valence-electron chi connectivity index (χ3n) is 8.28. The second kappa shape index (κ2) is 11.1. The summed E-state index contributed by atoms with van der Waals surface area (Å²) in [6.45, 7) is 1.70. The molecular formula is C29H27Cl3N8O4. The van der Waals surface area contributed by atoms with Crippen LogP contribution in [0, 0.1) is 11.3 Å². The van der Waals surface area contributed by atoms with E-state index in [4.69, 9.17) is 29.0 Å². The molecule has 0 saturated heterocycles. The van der Waals surface area contributed by atoms with E-state index >= 15 is 0 Å². The Labute approximate surface area is 268 Å². The Morgan fingerprint density at radius 1 is 1.00 bits per heavy atom. The summed E-state index contributed by atoms with van der Waals surface area (Å²) in [7, 11) is 0. The van der Waals surface area contributed by atoms with Gasteiger partial charge in [0.1, 0.15) is 22.3 Å². The highest BCUT2D eigenvalue weighted by Crippen LogP contribution is 2.45. The van der Waals surface area contributed by atoms with E-state index in [9.17, 15) is 24.4 Å². The van der Waals surface area contributed by atoms with Crippen LogP contribution in [0.25, 0.3) is 0 Å². The minimum absolute atomic E-state index is 0. The predicted molar refractivity (Wildman–Crippen MR) is 163 cm³/mol. The molecule has 2 aliphatic carbocycles. The number of anilines is 2. The van der Waals surface area contributed by atoms with Crippen molar-refractivity contribution in [1.82, 2.24) is 25.6 Å². The number of hydrogen-bond acceptors (Lipinski definition) is 7. The SMILES string of the molecule is C[C@@]1(Cc2ccc(C#N)cc2)C(=O)N(c2cc(Cl)cc(Cl)c2)c2ncc(C(=O)NC3(C(=O)NC4(C(=O)NN)CC4)CC3)n21.Cl. The highest BCUT2D eigenvalue weighted by molar-refractivity contribution is 6.35. The van der Waals surface area contributed by atoms with Gasteiger partial charge < -0.3 is 10.6 Å². The summed E-state index contributed by atoms with van der Waals surface area (Å²) in [5.41, 5.74) is 0.110. The third-order valence-corrected chi connectivity index (χ3v) is 8.71. The number of carbonyl (C=O) groups is 4. The van der Waals surface area contributed by atoms with E-state index in [1.54, 1.807) is 47.9 Å². The van der Waals surface area contributed by atoms with Crippen molar-refractivity contribution in [2.75, 3.05) is 4.90 Å². The van der Waals surface area contributed by atoms with Gasteiger partial charge in [0.2, 0.25) is 11.9 Å². The molecule has 3 aromatic rings. The third kappa shape index (κ3) is 5.16. The van der Waals surface area contributed by atoms with Crippen molar-refractivity contribution in [1.29, 1.82) is 5.26 Å². The number of nitriles is 1. The van der Waals surface area contributed by atoms with Crippen LogP contribution in [-0.2, 0) is 26.3 Å². The van der Waals surface area contributed by atoms with Gasteiger partial charge in [0.05, 0.1) is 23.5 Å². The lowest BCUT2D eigenvalue weighted by Crippen LogP contribution is -2.57. The second-order valence-corrected chi connectivity index (χ2v) is 12.2. The molecule has 2 fully saturated rings. The molecule has 15 heteroatoms. The minimum Gasteiger partial charge on any atom is -0.340 e. The van der Waals surface area contributed by atoms with Crippen LogP contribution in [0.1, 0.15) is 54.2 Å². The van der Waals surface area contributed by atoms with Crippen molar-refractivity contribution in [2.24, 2.45) is 5.84 Å². The molecule has 2 aromatic carbocycles. The summed E-state index contributed by atoms with van der Waals surface area (Å²) < 4.78 is 1.55. The number of nitrogens with one attached hydrogen (secondary N) is 3. The van der Waals surface area contributed by atoms with E-state index in [0.29, 0.717) is 47.0 Å². The maximum atomic E-state index is 14.2. The molecular weight excluding hydrogens is 631 g/mol. The number of benzene rings is 2. The Balaban J connectivity index is 0.00000384. The molecule has 0 radical (unpaired) electrons. The number of nitrogens with two attached hydrogens (primary N) is 1. The number of hydrazine groups is 1. The van der Waals surface area contributed by atoms with Crippen molar-refractivity contribution < 1.29 is 19.2 Å². The number of hydrogen-bond donors (Lipinski definition) is 4. The summed E-state index contributed by atoms with van der Waals surface area (Å²) in [5, 5.41) is 15.4. The Bertz CT molecular complexity index is 1720. The topological polar surface area (TPSA) is 175 Å². The van der Waals surface area contributed by atoms with Crippen molar-refractivity contribution in [2.45, 2.75) is 55.6 Å². The van der Waals surface area contributed by atoms with E-state index in [0.717, 1.165) is 5.56 Å². The number of imidazole rings is 1.